The number of carboxylic acid groups (broad SMARTS) is 1. The Morgan fingerprint density at radius 1 is 1.45 bits per heavy atom. The van der Waals surface area contributed by atoms with E-state index in [1.807, 2.05) is 25.1 Å². The molecule has 1 aromatic rings. The largest absolute Gasteiger partial charge is 0.481 e. The van der Waals surface area contributed by atoms with Crippen molar-refractivity contribution in [3.8, 4) is 0 Å². The molecule has 1 aromatic carbocycles. The predicted octanol–water partition coefficient (Wildman–Crippen LogP) is 1.32. The number of carboxylic acids is 1. The van der Waals surface area contributed by atoms with Crippen LogP contribution in [0.1, 0.15) is 41.3 Å². The smallest absolute Gasteiger partial charge is 0.305 e. The van der Waals surface area contributed by atoms with E-state index in [4.69, 9.17) is 5.11 Å². The van der Waals surface area contributed by atoms with Crippen LogP contribution >= 0.6 is 0 Å². The monoisotopic (exact) mass is 276 g/mol. The van der Waals surface area contributed by atoms with Gasteiger partial charge in [0.1, 0.15) is 0 Å². The molecule has 1 aliphatic rings. The van der Waals surface area contributed by atoms with Crippen LogP contribution in [0.4, 0.5) is 0 Å². The summed E-state index contributed by atoms with van der Waals surface area (Å²) in [5.41, 5.74) is 2.90. The Bertz CT molecular complexity index is 514. The van der Waals surface area contributed by atoms with Crippen molar-refractivity contribution in [3.05, 3.63) is 34.9 Å². The lowest BCUT2D eigenvalue weighted by atomic mass is 9.95. The highest BCUT2D eigenvalue weighted by Crippen LogP contribution is 2.19. The molecule has 1 aliphatic heterocycles. The van der Waals surface area contributed by atoms with Gasteiger partial charge in [0.05, 0.1) is 6.42 Å². The fourth-order valence-electron chi connectivity index (χ4n) is 2.52. The summed E-state index contributed by atoms with van der Waals surface area (Å²) in [6.45, 7) is 3.52. The number of amides is 1. The minimum atomic E-state index is -0.892. The van der Waals surface area contributed by atoms with E-state index in [2.05, 4.69) is 10.6 Å². The highest BCUT2D eigenvalue weighted by Gasteiger charge is 2.20. The summed E-state index contributed by atoms with van der Waals surface area (Å²) in [6, 6.07) is 5.39. The molecule has 0 aromatic heterocycles. The van der Waals surface area contributed by atoms with Gasteiger partial charge >= 0.3 is 5.97 Å². The van der Waals surface area contributed by atoms with Gasteiger partial charge in [0, 0.05) is 18.2 Å². The van der Waals surface area contributed by atoms with Gasteiger partial charge in [0.15, 0.2) is 0 Å². The number of aliphatic carboxylic acids is 1. The van der Waals surface area contributed by atoms with Crippen LogP contribution in [-0.2, 0) is 17.8 Å². The average Bonchev–Trinajstić information content (AvgIpc) is 2.45. The van der Waals surface area contributed by atoms with Gasteiger partial charge in [-0.15, -0.1) is 0 Å². The van der Waals surface area contributed by atoms with Crippen molar-refractivity contribution in [3.63, 3.8) is 0 Å². The minimum Gasteiger partial charge on any atom is -0.481 e. The van der Waals surface area contributed by atoms with E-state index in [9.17, 15) is 9.59 Å². The Balaban J connectivity index is 2.14. The van der Waals surface area contributed by atoms with Crippen molar-refractivity contribution in [1.29, 1.82) is 0 Å². The lowest BCUT2D eigenvalue weighted by molar-refractivity contribution is -0.137. The van der Waals surface area contributed by atoms with Crippen molar-refractivity contribution in [2.24, 2.45) is 0 Å². The molecule has 20 heavy (non-hydrogen) atoms. The fourth-order valence-corrected chi connectivity index (χ4v) is 2.52. The van der Waals surface area contributed by atoms with Crippen molar-refractivity contribution in [2.75, 3.05) is 6.54 Å². The molecule has 0 aliphatic carbocycles. The van der Waals surface area contributed by atoms with Gasteiger partial charge in [-0.25, -0.2) is 0 Å². The van der Waals surface area contributed by atoms with Crippen LogP contribution in [0.2, 0.25) is 0 Å². The molecule has 0 bridgehead atoms. The lowest BCUT2D eigenvalue weighted by Crippen LogP contribution is -2.37. The molecular formula is C15H20N2O3. The Kier molecular flexibility index (Phi) is 4.74. The molecule has 108 valence electrons. The minimum absolute atomic E-state index is 0.0428. The number of hydrogen-bond donors (Lipinski definition) is 3. The standard InChI is InChI=1S/C15H20N2O3/c1-2-11(8-14(18)19)17-15(20)13-5-3-4-10-9-16-7-6-12(10)13/h3-5,11,16H,2,6-9H2,1H3,(H,17,20)(H,18,19). The third-order valence-corrected chi connectivity index (χ3v) is 3.63. The van der Waals surface area contributed by atoms with Gasteiger partial charge < -0.3 is 15.7 Å². The molecule has 1 atom stereocenters. The molecular weight excluding hydrogens is 256 g/mol. The summed E-state index contributed by atoms with van der Waals surface area (Å²) in [7, 11) is 0. The molecule has 0 saturated heterocycles. The van der Waals surface area contributed by atoms with Crippen LogP contribution in [0.25, 0.3) is 0 Å². The second-order valence-corrected chi connectivity index (χ2v) is 5.05. The number of carbonyl (C=O) groups excluding carboxylic acids is 1. The molecule has 5 nitrogen and oxygen atoms in total. The molecule has 0 spiro atoms. The van der Waals surface area contributed by atoms with Crippen LogP contribution in [-0.4, -0.2) is 29.6 Å². The van der Waals surface area contributed by atoms with Crippen LogP contribution in [0.15, 0.2) is 18.2 Å². The molecule has 2 rings (SSSR count). The first kappa shape index (κ1) is 14.5. The normalized spacial score (nSPS) is 15.2. The van der Waals surface area contributed by atoms with Gasteiger partial charge in [-0.1, -0.05) is 19.1 Å². The van der Waals surface area contributed by atoms with Gasteiger partial charge in [0.25, 0.3) is 5.91 Å². The topological polar surface area (TPSA) is 78.4 Å². The maximum atomic E-state index is 12.3. The molecule has 1 amide bonds. The van der Waals surface area contributed by atoms with Gasteiger partial charge in [-0.2, -0.15) is 0 Å². The van der Waals surface area contributed by atoms with E-state index >= 15 is 0 Å². The summed E-state index contributed by atoms with van der Waals surface area (Å²) < 4.78 is 0. The lowest BCUT2D eigenvalue weighted by Gasteiger charge is -2.21. The zero-order chi connectivity index (χ0) is 14.5. The maximum absolute atomic E-state index is 12.3. The zero-order valence-electron chi connectivity index (χ0n) is 11.6. The first-order chi connectivity index (χ1) is 9.61. The molecule has 0 saturated carbocycles. The van der Waals surface area contributed by atoms with Gasteiger partial charge in [-0.3, -0.25) is 9.59 Å². The van der Waals surface area contributed by atoms with Crippen LogP contribution < -0.4 is 10.6 Å². The third kappa shape index (κ3) is 3.36. The van der Waals surface area contributed by atoms with E-state index in [0.717, 1.165) is 30.6 Å². The fraction of sp³-hybridized carbons (Fsp3) is 0.467. The first-order valence-electron chi connectivity index (χ1n) is 6.96. The molecule has 1 heterocycles. The van der Waals surface area contributed by atoms with Gasteiger partial charge in [0.2, 0.25) is 0 Å². The van der Waals surface area contributed by atoms with Crippen molar-refractivity contribution >= 4 is 11.9 Å². The highest BCUT2D eigenvalue weighted by atomic mass is 16.4. The highest BCUT2D eigenvalue weighted by molar-refractivity contribution is 5.96. The van der Waals surface area contributed by atoms with Gasteiger partial charge in [-0.05, 0) is 36.6 Å². The van der Waals surface area contributed by atoms with Crippen LogP contribution in [0.3, 0.4) is 0 Å². The molecule has 3 N–H and O–H groups in total. The summed E-state index contributed by atoms with van der Waals surface area (Å²) in [6.07, 6.45) is 1.39. The third-order valence-electron chi connectivity index (χ3n) is 3.63. The van der Waals surface area contributed by atoms with E-state index in [0.29, 0.717) is 12.0 Å². The van der Waals surface area contributed by atoms with E-state index in [1.165, 1.54) is 0 Å². The van der Waals surface area contributed by atoms with Crippen molar-refractivity contribution < 1.29 is 14.7 Å². The van der Waals surface area contributed by atoms with Crippen molar-refractivity contribution in [1.82, 2.24) is 10.6 Å². The Labute approximate surface area is 118 Å². The summed E-state index contributed by atoms with van der Waals surface area (Å²) in [5, 5.41) is 14.9. The Morgan fingerprint density at radius 2 is 2.25 bits per heavy atom. The quantitative estimate of drug-likeness (QED) is 0.758. The second kappa shape index (κ2) is 6.52. The number of benzene rings is 1. The summed E-state index contributed by atoms with van der Waals surface area (Å²) >= 11 is 0. The maximum Gasteiger partial charge on any atom is 0.305 e. The average molecular weight is 276 g/mol. The Hall–Kier alpha value is -1.88. The Morgan fingerprint density at radius 3 is 2.95 bits per heavy atom. The number of carbonyl (C=O) groups is 2. The number of fused-ring (bicyclic) bond motifs is 1. The molecule has 0 fully saturated rings. The summed E-state index contributed by atoms with van der Waals surface area (Å²) in [5.74, 6) is -1.06. The zero-order valence-corrected chi connectivity index (χ0v) is 11.6. The second-order valence-electron chi connectivity index (χ2n) is 5.05. The van der Waals surface area contributed by atoms with Crippen LogP contribution in [0, 0.1) is 0 Å². The number of hydrogen-bond acceptors (Lipinski definition) is 3. The molecule has 0 radical (unpaired) electrons. The SMILES string of the molecule is CCC(CC(=O)O)NC(=O)c1cccc2c1CCNC2. The predicted molar refractivity (Wildman–Crippen MR) is 75.7 cm³/mol. The van der Waals surface area contributed by atoms with E-state index in [1.54, 1.807) is 0 Å². The van der Waals surface area contributed by atoms with Crippen molar-refractivity contribution in [2.45, 2.75) is 38.8 Å². The van der Waals surface area contributed by atoms with Crippen LogP contribution in [0.5, 0.6) is 0 Å². The van der Waals surface area contributed by atoms with E-state index in [-0.39, 0.29) is 18.4 Å². The molecule has 1 unspecified atom stereocenters. The van der Waals surface area contributed by atoms with E-state index < -0.39 is 5.97 Å². The number of nitrogens with one attached hydrogen (secondary N) is 2. The molecule has 5 heteroatoms. The number of rotatable bonds is 5. The summed E-state index contributed by atoms with van der Waals surface area (Å²) in [4.78, 5) is 23.1. The first-order valence-corrected chi connectivity index (χ1v) is 6.96.